The van der Waals surface area contributed by atoms with Gasteiger partial charge in [-0.15, -0.1) is 0 Å². The van der Waals surface area contributed by atoms with Gasteiger partial charge < -0.3 is 35.4 Å². The van der Waals surface area contributed by atoms with E-state index in [9.17, 15) is 39.6 Å². The maximum atomic E-state index is 13.9. The second-order valence-electron chi connectivity index (χ2n) is 36.2. The number of carbonyl (C=O) groups excluding carboxylic acids is 2. The molecule has 0 aliphatic rings. The average molecular weight is 1350 g/mol. The lowest BCUT2D eigenvalue weighted by atomic mass is 9.77. The monoisotopic (exact) mass is 1350 g/mol. The molecule has 6 N–H and O–H groups in total. The molecule has 1 unspecified atom stereocenters. The average Bonchev–Trinajstić information content (AvgIpc) is 0.811. The number of aryl methyl sites for hydroxylation is 3. The predicted octanol–water partition coefficient (Wildman–Crippen LogP) is 22.8. The Bertz CT molecular complexity index is 2900. The van der Waals surface area contributed by atoms with Crippen molar-refractivity contribution in [3.63, 3.8) is 0 Å². The van der Waals surface area contributed by atoms with Crippen molar-refractivity contribution in [3.8, 4) is 23.0 Å². The highest BCUT2D eigenvalue weighted by atomic mass is 16.6. The van der Waals surface area contributed by atoms with Crippen LogP contribution in [0.1, 0.15) is 368 Å². The molecule has 0 aliphatic carbocycles. The number of phenols is 4. The van der Waals surface area contributed by atoms with Crippen LogP contribution >= 0.6 is 0 Å². The Kier molecular flexibility index (Phi) is 33.8. The number of aromatic hydroxyl groups is 4. The van der Waals surface area contributed by atoms with Crippen molar-refractivity contribution in [1.29, 1.82) is 0 Å². The second kappa shape index (κ2) is 37.5. The molecule has 0 aliphatic heterocycles. The summed E-state index contributed by atoms with van der Waals surface area (Å²) in [5.41, 5.74) is 9.02. The normalized spacial score (nSPS) is 12.9. The summed E-state index contributed by atoms with van der Waals surface area (Å²) in [5.74, 6) is -1.72. The Labute approximate surface area is 590 Å². The minimum absolute atomic E-state index is 0.0804. The molecule has 0 fully saturated rings. The van der Waals surface area contributed by atoms with Gasteiger partial charge in [0.2, 0.25) is 0 Å². The predicted molar refractivity (Wildman–Crippen MR) is 405 cm³/mol. The molecular formula is C86H138O11. The molecule has 0 aromatic heterocycles. The first-order valence-electron chi connectivity index (χ1n) is 37.0. The van der Waals surface area contributed by atoms with Crippen molar-refractivity contribution >= 4 is 23.9 Å². The number of rotatable bonds is 29. The molecule has 0 saturated carbocycles. The Morgan fingerprint density at radius 3 is 0.742 bits per heavy atom. The lowest BCUT2D eigenvalue weighted by Crippen LogP contribution is -2.24. The van der Waals surface area contributed by atoms with Crippen LogP contribution in [0.15, 0.2) is 48.5 Å². The van der Waals surface area contributed by atoms with E-state index in [1.807, 2.05) is 48.5 Å². The van der Waals surface area contributed by atoms with E-state index < -0.39 is 29.8 Å². The minimum Gasteiger partial charge on any atom is -0.507 e. The Morgan fingerprint density at radius 2 is 0.526 bits per heavy atom. The van der Waals surface area contributed by atoms with Crippen molar-refractivity contribution < 1.29 is 54.6 Å². The van der Waals surface area contributed by atoms with Crippen LogP contribution in [0.3, 0.4) is 0 Å². The fourth-order valence-electron chi connectivity index (χ4n) is 12.4. The number of hydrogen-bond acceptors (Lipinski definition) is 9. The third-order valence-electron chi connectivity index (χ3n) is 18.5. The SMILES string of the molecule is CC(C)(C)c1cc(CCC(=O)O)cc(C(C)(C)C)c1O.CC(C)(C)c1cc(CCC(=O)O)cc(C(C)(C)C)c1O.CCCCCCCCCCCCCCCCCCC(Cc1cc(C(C)(C)C)c(O)c(C(C)(C)C)c1)C(=O)OC(=O)CCc1cc(C(C)(C)C)c(O)c(C(C)(C)C)c1. The van der Waals surface area contributed by atoms with E-state index in [0.717, 1.165) is 86.0 Å². The van der Waals surface area contributed by atoms with Gasteiger partial charge in [0, 0.05) is 12.8 Å². The van der Waals surface area contributed by atoms with Gasteiger partial charge in [-0.1, -0.05) is 324 Å². The van der Waals surface area contributed by atoms with Crippen LogP contribution in [-0.2, 0) is 92.9 Å². The number of benzene rings is 4. The summed E-state index contributed by atoms with van der Waals surface area (Å²) in [6, 6.07) is 15.8. The third-order valence-corrected chi connectivity index (χ3v) is 18.5. The molecule has 11 nitrogen and oxygen atoms in total. The topological polar surface area (TPSA) is 199 Å². The number of ether oxygens (including phenoxy) is 1. The summed E-state index contributed by atoms with van der Waals surface area (Å²) in [4.78, 5) is 48.7. The van der Waals surface area contributed by atoms with E-state index in [1.54, 1.807) is 0 Å². The van der Waals surface area contributed by atoms with Crippen molar-refractivity contribution in [2.75, 3.05) is 0 Å². The highest BCUT2D eigenvalue weighted by Gasteiger charge is 2.33. The van der Waals surface area contributed by atoms with Gasteiger partial charge in [-0.05, 0) is 142 Å². The van der Waals surface area contributed by atoms with Crippen molar-refractivity contribution in [2.45, 2.75) is 371 Å². The minimum atomic E-state index is -0.798. The molecule has 97 heavy (non-hydrogen) atoms. The number of phenolic OH excluding ortho intramolecular Hbond substituents is 4. The molecule has 0 saturated heterocycles. The first kappa shape index (κ1) is 87.2. The maximum Gasteiger partial charge on any atom is 0.316 e. The van der Waals surface area contributed by atoms with Crippen LogP contribution in [-0.4, -0.2) is 54.5 Å². The van der Waals surface area contributed by atoms with E-state index in [-0.39, 0.29) is 62.6 Å². The molecule has 11 heteroatoms. The number of hydrogen-bond donors (Lipinski definition) is 6. The Morgan fingerprint density at radius 1 is 0.320 bits per heavy atom. The van der Waals surface area contributed by atoms with Crippen molar-refractivity contribution in [3.05, 3.63) is 115 Å². The number of esters is 2. The van der Waals surface area contributed by atoms with Gasteiger partial charge in [-0.25, -0.2) is 0 Å². The zero-order valence-electron chi connectivity index (χ0n) is 65.9. The Hall–Kier alpha value is -5.84. The molecule has 1 atom stereocenters. The maximum absolute atomic E-state index is 13.9. The lowest BCUT2D eigenvalue weighted by Gasteiger charge is -2.29. The molecule has 0 spiro atoms. The largest absolute Gasteiger partial charge is 0.507 e. The van der Waals surface area contributed by atoms with E-state index in [4.69, 9.17) is 14.9 Å². The zero-order valence-corrected chi connectivity index (χ0v) is 65.9. The van der Waals surface area contributed by atoms with Gasteiger partial charge in [0.25, 0.3) is 0 Å². The summed E-state index contributed by atoms with van der Waals surface area (Å²) in [7, 11) is 0. The van der Waals surface area contributed by atoms with Gasteiger partial charge in [0.15, 0.2) is 0 Å². The quantitative estimate of drug-likeness (QED) is 0.0172. The van der Waals surface area contributed by atoms with Crippen LogP contribution in [0.4, 0.5) is 0 Å². The molecule has 0 radical (unpaired) electrons. The van der Waals surface area contributed by atoms with Crippen LogP contribution in [0.2, 0.25) is 0 Å². The van der Waals surface area contributed by atoms with E-state index in [1.165, 1.54) is 83.5 Å². The molecule has 0 heterocycles. The number of carbonyl (C=O) groups is 4. The summed E-state index contributed by atoms with van der Waals surface area (Å²) in [6.07, 6.45) is 23.5. The second-order valence-corrected chi connectivity index (χ2v) is 36.2. The molecule has 548 valence electrons. The van der Waals surface area contributed by atoms with Crippen LogP contribution < -0.4 is 0 Å². The van der Waals surface area contributed by atoms with Gasteiger partial charge in [0.05, 0.1) is 12.3 Å². The zero-order chi connectivity index (χ0) is 74.5. The molecule has 4 rings (SSSR count). The highest BCUT2D eigenvalue weighted by molar-refractivity contribution is 5.87. The summed E-state index contributed by atoms with van der Waals surface area (Å²) >= 11 is 0. The number of carboxylic acids is 2. The third kappa shape index (κ3) is 30.7. The molecule has 0 amide bonds. The van der Waals surface area contributed by atoms with Crippen molar-refractivity contribution in [2.24, 2.45) is 5.92 Å². The fourth-order valence-corrected chi connectivity index (χ4v) is 12.4. The van der Waals surface area contributed by atoms with E-state index >= 15 is 0 Å². The molecule has 4 aromatic carbocycles. The van der Waals surface area contributed by atoms with Gasteiger partial charge in [-0.2, -0.15) is 0 Å². The number of carboxylic acid groups (broad SMARTS) is 2. The van der Waals surface area contributed by atoms with E-state index in [0.29, 0.717) is 55.1 Å². The fraction of sp³-hybridized carbons (Fsp3) is 0.674. The first-order valence-corrected chi connectivity index (χ1v) is 37.0. The lowest BCUT2D eigenvalue weighted by molar-refractivity contribution is -0.163. The molecule has 4 aromatic rings. The van der Waals surface area contributed by atoms with Gasteiger partial charge in [0.1, 0.15) is 23.0 Å². The highest BCUT2D eigenvalue weighted by Crippen LogP contribution is 2.45. The summed E-state index contributed by atoms with van der Waals surface area (Å²) in [6.45, 7) is 51.9. The van der Waals surface area contributed by atoms with Gasteiger partial charge in [-0.3, -0.25) is 19.2 Å². The molecular weight excluding hydrogens is 1210 g/mol. The van der Waals surface area contributed by atoms with Gasteiger partial charge >= 0.3 is 23.9 Å². The first-order chi connectivity index (χ1) is 44.3. The smallest absolute Gasteiger partial charge is 0.316 e. The number of unbranched alkanes of at least 4 members (excludes halogenated alkanes) is 15. The molecule has 0 bridgehead atoms. The standard InChI is InChI=1S/C52H86O5.2C17H26O3/c1-14-15-16-17-18-19-20-21-22-23-24-25-26-27-28-29-30-40(33-39-36-43(51(8,9)10)47(55)44(37-39)52(11,12)13)48(56)57-45(53)32-31-38-34-41(49(2,3)4)46(54)42(35-38)50(5,6)7;2*1-16(2,3)12-9-11(7-8-14(18)19)10-13(15(12)20)17(4,5)6/h34-37,40,54-55H,14-33H2,1-13H3;2*9-10,20H,7-8H2,1-6H3,(H,18,19). The van der Waals surface area contributed by atoms with Crippen molar-refractivity contribution in [1.82, 2.24) is 0 Å². The summed E-state index contributed by atoms with van der Waals surface area (Å²) in [5, 5.41) is 61.3. The van der Waals surface area contributed by atoms with Crippen LogP contribution in [0.5, 0.6) is 23.0 Å². The Balaban J connectivity index is 0.000000643. The summed E-state index contributed by atoms with van der Waals surface area (Å²) < 4.78 is 5.65. The van der Waals surface area contributed by atoms with Crippen LogP contribution in [0.25, 0.3) is 0 Å². The van der Waals surface area contributed by atoms with Crippen LogP contribution in [0, 0.1) is 5.92 Å². The van der Waals surface area contributed by atoms with E-state index in [2.05, 4.69) is 173 Å². The number of aliphatic carboxylic acids is 2.